The van der Waals surface area contributed by atoms with E-state index >= 15 is 0 Å². The molecule has 3 N–H and O–H groups in total. The average molecular weight is 440 g/mol. The third-order valence-corrected chi connectivity index (χ3v) is 5.51. The molecule has 0 unspecified atom stereocenters. The zero-order valence-corrected chi connectivity index (χ0v) is 16.8. The minimum Gasteiger partial charge on any atom is -0.478 e. The number of rotatable bonds is 7. The molecular formula is C22H17FN2O5S. The Bertz CT molecular complexity index is 1240. The predicted octanol–water partition coefficient (Wildman–Crippen LogP) is 3.98. The maximum absolute atomic E-state index is 13.0. The zero-order chi connectivity index (χ0) is 22.4. The van der Waals surface area contributed by atoms with Gasteiger partial charge in [0.2, 0.25) is 0 Å². The second-order valence-corrected chi connectivity index (χ2v) is 8.04. The fraction of sp³-hybridized carbons (Fsp3) is 0. The second kappa shape index (κ2) is 9.23. The number of carbonyl (C=O) groups is 2. The number of hydrogen-bond acceptors (Lipinski definition) is 4. The van der Waals surface area contributed by atoms with Gasteiger partial charge in [0.1, 0.15) is 5.82 Å². The van der Waals surface area contributed by atoms with Crippen LogP contribution in [0.5, 0.6) is 0 Å². The quantitative estimate of drug-likeness (QED) is 0.481. The van der Waals surface area contributed by atoms with E-state index in [1.165, 1.54) is 66.7 Å². The molecule has 0 fully saturated rings. The summed E-state index contributed by atoms with van der Waals surface area (Å²) in [5.74, 6) is -2.14. The van der Waals surface area contributed by atoms with Crippen molar-refractivity contribution < 1.29 is 27.5 Å². The number of anilines is 2. The van der Waals surface area contributed by atoms with Gasteiger partial charge in [-0.05, 0) is 60.2 Å². The van der Waals surface area contributed by atoms with E-state index in [1.54, 1.807) is 12.1 Å². The van der Waals surface area contributed by atoms with Crippen LogP contribution in [0.4, 0.5) is 15.8 Å². The van der Waals surface area contributed by atoms with E-state index in [9.17, 15) is 22.4 Å². The van der Waals surface area contributed by atoms with Crippen LogP contribution in [0.15, 0.2) is 83.8 Å². The molecule has 0 heterocycles. The molecule has 0 aliphatic heterocycles. The lowest BCUT2D eigenvalue weighted by atomic mass is 10.1. The molecule has 31 heavy (non-hydrogen) atoms. The van der Waals surface area contributed by atoms with Gasteiger partial charge >= 0.3 is 5.97 Å². The second-order valence-electron chi connectivity index (χ2n) is 6.35. The van der Waals surface area contributed by atoms with Crippen LogP contribution >= 0.6 is 0 Å². The van der Waals surface area contributed by atoms with Gasteiger partial charge in [-0.15, -0.1) is 0 Å². The summed E-state index contributed by atoms with van der Waals surface area (Å²) in [6.07, 6.45) is 2.28. The molecule has 9 heteroatoms. The molecule has 0 spiro atoms. The van der Waals surface area contributed by atoms with E-state index in [1.807, 2.05) is 0 Å². The van der Waals surface area contributed by atoms with Crippen LogP contribution in [0.3, 0.4) is 0 Å². The summed E-state index contributed by atoms with van der Waals surface area (Å²) in [5, 5.41) is 11.2. The molecule has 7 nitrogen and oxygen atoms in total. The first-order valence-electron chi connectivity index (χ1n) is 8.94. The number of para-hydroxylation sites is 1. The Kier molecular flexibility index (Phi) is 6.46. The van der Waals surface area contributed by atoms with Crippen molar-refractivity contribution in [3.05, 3.63) is 95.8 Å². The monoisotopic (exact) mass is 440 g/mol. The Morgan fingerprint density at radius 3 is 2.19 bits per heavy atom. The molecule has 3 aromatic rings. The Balaban J connectivity index is 1.81. The number of halogens is 1. The Hall–Kier alpha value is -3.98. The van der Waals surface area contributed by atoms with E-state index in [2.05, 4.69) is 10.0 Å². The summed E-state index contributed by atoms with van der Waals surface area (Å²) in [4.78, 5) is 23.1. The van der Waals surface area contributed by atoms with Crippen LogP contribution in [0, 0.1) is 5.82 Å². The maximum atomic E-state index is 13.0. The molecular weight excluding hydrogens is 423 g/mol. The summed E-state index contributed by atoms with van der Waals surface area (Å²) >= 11 is 0. The van der Waals surface area contributed by atoms with Crippen molar-refractivity contribution in [2.24, 2.45) is 0 Å². The first-order chi connectivity index (χ1) is 14.7. The van der Waals surface area contributed by atoms with E-state index in [-0.39, 0.29) is 16.1 Å². The molecule has 0 saturated heterocycles. The van der Waals surface area contributed by atoms with Crippen molar-refractivity contribution in [1.29, 1.82) is 0 Å². The third kappa shape index (κ3) is 5.77. The van der Waals surface area contributed by atoms with Crippen molar-refractivity contribution in [3.63, 3.8) is 0 Å². The number of carboxylic acids is 1. The van der Waals surface area contributed by atoms with Crippen molar-refractivity contribution in [1.82, 2.24) is 0 Å². The first-order valence-corrected chi connectivity index (χ1v) is 10.4. The minimum atomic E-state index is -4.02. The molecule has 3 rings (SSSR count). The van der Waals surface area contributed by atoms with E-state index in [0.29, 0.717) is 11.3 Å². The maximum Gasteiger partial charge on any atom is 0.328 e. The molecule has 3 aromatic carbocycles. The molecule has 1 amide bonds. The Morgan fingerprint density at radius 1 is 0.903 bits per heavy atom. The van der Waals surface area contributed by atoms with Gasteiger partial charge in [-0.1, -0.05) is 24.3 Å². The minimum absolute atomic E-state index is 0.0614. The largest absolute Gasteiger partial charge is 0.478 e. The number of carbonyl (C=O) groups excluding carboxylic acids is 1. The predicted molar refractivity (Wildman–Crippen MR) is 115 cm³/mol. The fourth-order valence-corrected chi connectivity index (χ4v) is 3.71. The van der Waals surface area contributed by atoms with Crippen molar-refractivity contribution in [2.45, 2.75) is 4.90 Å². The van der Waals surface area contributed by atoms with Crippen molar-refractivity contribution in [2.75, 3.05) is 10.0 Å². The highest BCUT2D eigenvalue weighted by molar-refractivity contribution is 7.92. The average Bonchev–Trinajstić information content (AvgIpc) is 2.74. The summed E-state index contributed by atoms with van der Waals surface area (Å²) in [7, 11) is -4.02. The van der Waals surface area contributed by atoms with Gasteiger partial charge in [0.25, 0.3) is 15.9 Å². The fourth-order valence-electron chi connectivity index (χ4n) is 2.63. The number of sulfonamides is 1. The van der Waals surface area contributed by atoms with E-state index in [4.69, 9.17) is 5.11 Å². The summed E-state index contributed by atoms with van der Waals surface area (Å²) < 4.78 is 40.9. The number of hydrogen-bond donors (Lipinski definition) is 3. The topological polar surface area (TPSA) is 113 Å². The molecule has 0 aliphatic carbocycles. The highest BCUT2D eigenvalue weighted by Gasteiger charge is 2.18. The molecule has 0 bridgehead atoms. The Labute approximate surface area is 177 Å². The molecule has 0 saturated carbocycles. The van der Waals surface area contributed by atoms with Gasteiger partial charge < -0.3 is 10.4 Å². The number of aliphatic carboxylic acids is 1. The standard InChI is InChI=1S/C22H17FN2O5S/c23-16-8-10-17(11-9-16)24-22(28)19-3-1-2-4-20(19)25-31(29,30)18-12-5-15(6-13-18)7-14-21(26)27/h1-14,25H,(H,24,28)(H,26,27). The van der Waals surface area contributed by atoms with Gasteiger partial charge in [0.15, 0.2) is 0 Å². The lowest BCUT2D eigenvalue weighted by Crippen LogP contribution is -2.18. The van der Waals surface area contributed by atoms with Crippen LogP contribution < -0.4 is 10.0 Å². The lowest BCUT2D eigenvalue weighted by Gasteiger charge is -2.13. The van der Waals surface area contributed by atoms with Gasteiger partial charge in [-0.25, -0.2) is 17.6 Å². The van der Waals surface area contributed by atoms with Gasteiger partial charge in [0, 0.05) is 11.8 Å². The van der Waals surface area contributed by atoms with Crippen LogP contribution in [0.1, 0.15) is 15.9 Å². The molecule has 0 aliphatic rings. The van der Waals surface area contributed by atoms with E-state index < -0.39 is 27.7 Å². The van der Waals surface area contributed by atoms with Gasteiger partial charge in [-0.3, -0.25) is 9.52 Å². The highest BCUT2D eigenvalue weighted by Crippen LogP contribution is 2.22. The molecule has 0 aromatic heterocycles. The van der Waals surface area contributed by atoms with Crippen LogP contribution in [0.25, 0.3) is 6.08 Å². The summed E-state index contributed by atoms with van der Waals surface area (Å²) in [5.41, 5.74) is 1.02. The summed E-state index contributed by atoms with van der Waals surface area (Å²) in [6.45, 7) is 0. The van der Waals surface area contributed by atoms with E-state index in [0.717, 1.165) is 6.08 Å². The Morgan fingerprint density at radius 2 is 1.55 bits per heavy atom. The zero-order valence-electron chi connectivity index (χ0n) is 15.9. The van der Waals surface area contributed by atoms with Crippen molar-refractivity contribution in [3.8, 4) is 0 Å². The molecule has 158 valence electrons. The number of nitrogens with one attached hydrogen (secondary N) is 2. The number of amides is 1. The lowest BCUT2D eigenvalue weighted by molar-refractivity contribution is -0.131. The molecule has 0 radical (unpaired) electrons. The SMILES string of the molecule is O=C(O)C=Cc1ccc(S(=O)(=O)Nc2ccccc2C(=O)Nc2ccc(F)cc2)cc1. The smallest absolute Gasteiger partial charge is 0.328 e. The van der Waals surface area contributed by atoms with Crippen LogP contribution in [-0.4, -0.2) is 25.4 Å². The van der Waals surface area contributed by atoms with Gasteiger partial charge in [0.05, 0.1) is 16.1 Å². The number of benzene rings is 3. The van der Waals surface area contributed by atoms with Crippen molar-refractivity contribution >= 4 is 39.4 Å². The van der Waals surface area contributed by atoms with Crippen LogP contribution in [-0.2, 0) is 14.8 Å². The normalized spacial score (nSPS) is 11.3. The van der Waals surface area contributed by atoms with Crippen LogP contribution in [0.2, 0.25) is 0 Å². The highest BCUT2D eigenvalue weighted by atomic mass is 32.2. The first kappa shape index (κ1) is 21.7. The number of carboxylic acid groups (broad SMARTS) is 1. The summed E-state index contributed by atoms with van der Waals surface area (Å²) in [6, 6.07) is 16.8. The van der Waals surface area contributed by atoms with Gasteiger partial charge in [-0.2, -0.15) is 0 Å². The molecule has 0 atom stereocenters. The third-order valence-electron chi connectivity index (χ3n) is 4.13.